The smallest absolute Gasteiger partial charge is 0.0841 e. The van der Waals surface area contributed by atoms with E-state index < -0.39 is 0 Å². The number of nitrogens with zero attached hydrogens (tertiary/aromatic N) is 3. The van der Waals surface area contributed by atoms with Gasteiger partial charge < -0.3 is 10.2 Å². The average Bonchev–Trinajstić information content (AvgIpc) is 3.22. The first kappa shape index (κ1) is 12.6. The fraction of sp³-hybridized carbons (Fsp3) is 0.533. The second kappa shape index (κ2) is 5.31. The van der Waals surface area contributed by atoms with Gasteiger partial charge in [0.25, 0.3) is 0 Å². The van der Waals surface area contributed by atoms with Gasteiger partial charge in [-0.3, -0.25) is 4.68 Å². The molecule has 1 heterocycles. The molecule has 4 heteroatoms. The van der Waals surface area contributed by atoms with Crippen LogP contribution in [0.15, 0.2) is 24.3 Å². The summed E-state index contributed by atoms with van der Waals surface area (Å²) in [6.07, 6.45) is 2.75. The van der Waals surface area contributed by atoms with Crippen molar-refractivity contribution in [2.75, 3.05) is 20.1 Å². The highest BCUT2D eigenvalue weighted by Gasteiger charge is 2.25. The normalized spacial score (nSPS) is 15.5. The van der Waals surface area contributed by atoms with Gasteiger partial charge in [-0.25, -0.2) is 0 Å². The number of benzene rings is 1. The van der Waals surface area contributed by atoms with E-state index in [9.17, 15) is 0 Å². The minimum atomic E-state index is 0.845. The Kier molecular flexibility index (Phi) is 3.53. The molecule has 1 aromatic heterocycles. The van der Waals surface area contributed by atoms with E-state index in [2.05, 4.69) is 46.6 Å². The quantitative estimate of drug-likeness (QED) is 0.802. The number of aromatic nitrogens is 2. The number of fused-ring (bicyclic) bond motifs is 1. The van der Waals surface area contributed by atoms with Crippen molar-refractivity contribution in [3.63, 3.8) is 0 Å². The van der Waals surface area contributed by atoms with Crippen molar-refractivity contribution in [1.29, 1.82) is 0 Å². The Labute approximate surface area is 114 Å². The van der Waals surface area contributed by atoms with E-state index in [1.54, 1.807) is 0 Å². The highest BCUT2D eigenvalue weighted by atomic mass is 15.3. The van der Waals surface area contributed by atoms with Crippen LogP contribution >= 0.6 is 0 Å². The molecule has 0 bridgehead atoms. The van der Waals surface area contributed by atoms with Crippen LogP contribution < -0.4 is 5.32 Å². The number of rotatable bonds is 6. The zero-order chi connectivity index (χ0) is 13.2. The summed E-state index contributed by atoms with van der Waals surface area (Å²) in [7, 11) is 4.22. The van der Waals surface area contributed by atoms with Gasteiger partial charge in [0.1, 0.15) is 0 Å². The maximum absolute atomic E-state index is 4.59. The SMILES string of the molecule is CN(CCNCc1nn(C)c2ccccc12)C1CC1. The Morgan fingerprint density at radius 1 is 1.37 bits per heavy atom. The molecule has 0 radical (unpaired) electrons. The minimum absolute atomic E-state index is 0.845. The largest absolute Gasteiger partial charge is 0.310 e. The van der Waals surface area contributed by atoms with Crippen molar-refractivity contribution in [2.45, 2.75) is 25.4 Å². The molecule has 102 valence electrons. The van der Waals surface area contributed by atoms with E-state index in [-0.39, 0.29) is 0 Å². The monoisotopic (exact) mass is 258 g/mol. The molecule has 1 N–H and O–H groups in total. The van der Waals surface area contributed by atoms with Gasteiger partial charge in [-0.05, 0) is 26.0 Å². The van der Waals surface area contributed by atoms with Crippen molar-refractivity contribution in [3.05, 3.63) is 30.0 Å². The first-order valence-electron chi connectivity index (χ1n) is 7.07. The summed E-state index contributed by atoms with van der Waals surface area (Å²) >= 11 is 0. The minimum Gasteiger partial charge on any atom is -0.310 e. The maximum atomic E-state index is 4.59. The molecule has 19 heavy (non-hydrogen) atoms. The van der Waals surface area contributed by atoms with Gasteiger partial charge in [0.15, 0.2) is 0 Å². The molecule has 0 aliphatic heterocycles. The lowest BCUT2D eigenvalue weighted by molar-refractivity contribution is 0.321. The van der Waals surface area contributed by atoms with Gasteiger partial charge in [-0.1, -0.05) is 18.2 Å². The summed E-state index contributed by atoms with van der Waals surface area (Å²) in [5.74, 6) is 0. The van der Waals surface area contributed by atoms with Crippen molar-refractivity contribution in [3.8, 4) is 0 Å². The highest BCUT2D eigenvalue weighted by Crippen LogP contribution is 2.24. The molecule has 0 saturated heterocycles. The number of likely N-dealkylation sites (N-methyl/N-ethyl adjacent to an activating group) is 1. The summed E-state index contributed by atoms with van der Waals surface area (Å²) in [4.78, 5) is 2.45. The standard InChI is InChI=1S/C15H22N4/c1-18(12-7-8-12)10-9-16-11-14-13-5-3-4-6-15(13)19(2)17-14/h3-6,12,16H,7-11H2,1-2H3. The fourth-order valence-electron chi connectivity index (χ4n) is 2.58. The molecule has 1 aliphatic rings. The number of nitrogens with one attached hydrogen (secondary N) is 1. The number of hydrogen-bond acceptors (Lipinski definition) is 3. The summed E-state index contributed by atoms with van der Waals surface area (Å²) in [5.41, 5.74) is 2.35. The molecule has 2 aromatic rings. The molecule has 1 aliphatic carbocycles. The third-order valence-electron chi connectivity index (χ3n) is 3.94. The van der Waals surface area contributed by atoms with Gasteiger partial charge in [0, 0.05) is 38.1 Å². The van der Waals surface area contributed by atoms with Crippen molar-refractivity contribution >= 4 is 10.9 Å². The molecule has 0 unspecified atom stereocenters. The molecule has 1 aromatic carbocycles. The summed E-state index contributed by atoms with van der Waals surface area (Å²) < 4.78 is 1.96. The molecule has 0 amide bonds. The van der Waals surface area contributed by atoms with Gasteiger partial charge in [0.2, 0.25) is 0 Å². The topological polar surface area (TPSA) is 33.1 Å². The van der Waals surface area contributed by atoms with E-state index in [0.717, 1.165) is 31.4 Å². The Bertz CT molecular complexity index is 556. The van der Waals surface area contributed by atoms with Crippen LogP contribution in [0.5, 0.6) is 0 Å². The van der Waals surface area contributed by atoms with Crippen LogP contribution in [0.1, 0.15) is 18.5 Å². The first-order valence-corrected chi connectivity index (χ1v) is 7.07. The second-order valence-corrected chi connectivity index (χ2v) is 5.48. The first-order chi connectivity index (χ1) is 9.25. The van der Waals surface area contributed by atoms with Gasteiger partial charge in [0.05, 0.1) is 11.2 Å². The van der Waals surface area contributed by atoms with E-state index >= 15 is 0 Å². The summed E-state index contributed by atoms with van der Waals surface area (Å²) in [5, 5.41) is 9.36. The Morgan fingerprint density at radius 3 is 2.95 bits per heavy atom. The zero-order valence-corrected chi connectivity index (χ0v) is 11.8. The summed E-state index contributed by atoms with van der Waals surface area (Å²) in [6, 6.07) is 9.25. The van der Waals surface area contributed by atoms with Crippen molar-refractivity contribution < 1.29 is 0 Å². The number of aryl methyl sites for hydroxylation is 1. The van der Waals surface area contributed by atoms with Gasteiger partial charge in [-0.2, -0.15) is 5.10 Å². The van der Waals surface area contributed by atoms with Crippen LogP contribution in [0.4, 0.5) is 0 Å². The lowest BCUT2D eigenvalue weighted by Gasteiger charge is -2.15. The van der Waals surface area contributed by atoms with Crippen LogP contribution in [-0.2, 0) is 13.6 Å². The van der Waals surface area contributed by atoms with Crippen LogP contribution in [-0.4, -0.2) is 40.9 Å². The molecule has 0 spiro atoms. The van der Waals surface area contributed by atoms with Crippen LogP contribution in [0, 0.1) is 0 Å². The molecule has 1 saturated carbocycles. The molecule has 4 nitrogen and oxygen atoms in total. The van der Waals surface area contributed by atoms with Crippen LogP contribution in [0.25, 0.3) is 10.9 Å². The Balaban J connectivity index is 1.56. The second-order valence-electron chi connectivity index (χ2n) is 5.48. The fourth-order valence-corrected chi connectivity index (χ4v) is 2.58. The van der Waals surface area contributed by atoms with Crippen molar-refractivity contribution in [2.24, 2.45) is 7.05 Å². The molecule has 1 fully saturated rings. The zero-order valence-electron chi connectivity index (χ0n) is 11.8. The van der Waals surface area contributed by atoms with Crippen LogP contribution in [0.3, 0.4) is 0 Å². The molecular formula is C15H22N4. The molecule has 0 atom stereocenters. The van der Waals surface area contributed by atoms with Crippen molar-refractivity contribution in [1.82, 2.24) is 20.0 Å². The van der Waals surface area contributed by atoms with Crippen LogP contribution in [0.2, 0.25) is 0 Å². The Hall–Kier alpha value is -1.39. The predicted octanol–water partition coefficient (Wildman–Crippen LogP) is 1.76. The van der Waals surface area contributed by atoms with E-state index in [4.69, 9.17) is 0 Å². The maximum Gasteiger partial charge on any atom is 0.0841 e. The number of para-hydroxylation sites is 1. The van der Waals surface area contributed by atoms with E-state index in [1.807, 2.05) is 11.7 Å². The van der Waals surface area contributed by atoms with Gasteiger partial charge >= 0.3 is 0 Å². The highest BCUT2D eigenvalue weighted by molar-refractivity contribution is 5.81. The summed E-state index contributed by atoms with van der Waals surface area (Å²) in [6.45, 7) is 2.99. The molecule has 3 rings (SSSR count). The average molecular weight is 258 g/mol. The Morgan fingerprint density at radius 2 is 2.16 bits per heavy atom. The predicted molar refractivity (Wildman–Crippen MR) is 78.1 cm³/mol. The third kappa shape index (κ3) is 2.80. The lowest BCUT2D eigenvalue weighted by Crippen LogP contribution is -2.30. The lowest BCUT2D eigenvalue weighted by atomic mass is 10.2. The van der Waals surface area contributed by atoms with E-state index in [0.29, 0.717) is 0 Å². The molecular weight excluding hydrogens is 236 g/mol. The number of hydrogen-bond donors (Lipinski definition) is 1. The third-order valence-corrected chi connectivity index (χ3v) is 3.94. The van der Waals surface area contributed by atoms with E-state index in [1.165, 1.54) is 23.7 Å². The van der Waals surface area contributed by atoms with Gasteiger partial charge in [-0.15, -0.1) is 0 Å².